The predicted octanol–water partition coefficient (Wildman–Crippen LogP) is 3.35. The molecule has 1 amide bonds. The van der Waals surface area contributed by atoms with Gasteiger partial charge in [0.2, 0.25) is 0 Å². The maximum absolute atomic E-state index is 12.1. The van der Waals surface area contributed by atoms with Crippen LogP contribution in [0.15, 0.2) is 42.5 Å². The molecule has 2 aromatic rings. The quantitative estimate of drug-likeness (QED) is 0.432. The van der Waals surface area contributed by atoms with Crippen LogP contribution in [0.3, 0.4) is 0 Å². The molecule has 0 atom stereocenters. The first-order chi connectivity index (χ1) is 12.9. The van der Waals surface area contributed by atoms with Crippen molar-refractivity contribution in [2.75, 3.05) is 18.5 Å². The van der Waals surface area contributed by atoms with Gasteiger partial charge in [-0.05, 0) is 43.2 Å². The van der Waals surface area contributed by atoms with Gasteiger partial charge in [0, 0.05) is 11.8 Å². The Labute approximate surface area is 156 Å². The maximum Gasteiger partial charge on any atom is 0.338 e. The van der Waals surface area contributed by atoms with Gasteiger partial charge in [-0.25, -0.2) is 4.79 Å². The van der Waals surface area contributed by atoms with Crippen molar-refractivity contribution in [3.8, 4) is 5.75 Å². The van der Waals surface area contributed by atoms with E-state index in [1.54, 1.807) is 19.1 Å². The zero-order valence-corrected chi connectivity index (χ0v) is 15.1. The topological polar surface area (TPSA) is 108 Å². The summed E-state index contributed by atoms with van der Waals surface area (Å²) >= 11 is 0. The molecule has 2 aromatic carbocycles. The van der Waals surface area contributed by atoms with E-state index < -0.39 is 23.4 Å². The standard InChI is InChI=1S/C19H20N2O6/c1-3-13-5-8-15(9-6-13)20-18(22)12-27-19(23)14-7-10-17(26-4-2)16(11-14)21(24)25/h5-11H,3-4,12H2,1-2H3,(H,20,22). The van der Waals surface area contributed by atoms with Gasteiger partial charge in [-0.1, -0.05) is 19.1 Å². The number of benzene rings is 2. The third-order valence-electron chi connectivity index (χ3n) is 3.67. The van der Waals surface area contributed by atoms with E-state index in [0.29, 0.717) is 5.69 Å². The summed E-state index contributed by atoms with van der Waals surface area (Å²) in [7, 11) is 0. The number of amides is 1. The summed E-state index contributed by atoms with van der Waals surface area (Å²) in [6.07, 6.45) is 0.889. The van der Waals surface area contributed by atoms with Crippen molar-refractivity contribution < 1.29 is 24.0 Å². The summed E-state index contributed by atoms with van der Waals surface area (Å²) in [5, 5.41) is 13.7. The normalized spacial score (nSPS) is 10.1. The van der Waals surface area contributed by atoms with Crippen molar-refractivity contribution in [3.05, 3.63) is 63.7 Å². The molecule has 0 saturated carbocycles. The fraction of sp³-hybridized carbons (Fsp3) is 0.263. The molecule has 0 heterocycles. The maximum atomic E-state index is 12.1. The van der Waals surface area contributed by atoms with Crippen molar-refractivity contribution in [3.63, 3.8) is 0 Å². The third-order valence-corrected chi connectivity index (χ3v) is 3.67. The number of anilines is 1. The molecule has 0 aliphatic heterocycles. The average molecular weight is 372 g/mol. The molecular weight excluding hydrogens is 352 g/mol. The molecule has 0 aliphatic rings. The van der Waals surface area contributed by atoms with Gasteiger partial charge in [0.25, 0.3) is 5.91 Å². The van der Waals surface area contributed by atoms with Crippen LogP contribution in [0, 0.1) is 10.1 Å². The molecule has 142 valence electrons. The molecule has 2 rings (SSSR count). The minimum Gasteiger partial charge on any atom is -0.487 e. The molecule has 0 radical (unpaired) electrons. The lowest BCUT2D eigenvalue weighted by Gasteiger charge is -2.08. The molecule has 0 aromatic heterocycles. The van der Waals surface area contributed by atoms with Gasteiger partial charge >= 0.3 is 11.7 Å². The summed E-state index contributed by atoms with van der Waals surface area (Å²) in [4.78, 5) is 34.4. The lowest BCUT2D eigenvalue weighted by molar-refractivity contribution is -0.385. The Morgan fingerprint density at radius 1 is 1.11 bits per heavy atom. The van der Waals surface area contributed by atoms with Crippen LogP contribution in [-0.2, 0) is 16.0 Å². The number of nitrogens with one attached hydrogen (secondary N) is 1. The van der Waals surface area contributed by atoms with Crippen molar-refractivity contribution in [1.29, 1.82) is 0 Å². The highest BCUT2D eigenvalue weighted by Gasteiger charge is 2.20. The van der Waals surface area contributed by atoms with E-state index in [4.69, 9.17) is 9.47 Å². The van der Waals surface area contributed by atoms with Crippen LogP contribution in [0.5, 0.6) is 5.75 Å². The van der Waals surface area contributed by atoms with Gasteiger partial charge in [0.1, 0.15) is 0 Å². The summed E-state index contributed by atoms with van der Waals surface area (Å²) in [5.74, 6) is -1.28. The van der Waals surface area contributed by atoms with E-state index >= 15 is 0 Å². The molecule has 8 heteroatoms. The van der Waals surface area contributed by atoms with Gasteiger partial charge in [-0.15, -0.1) is 0 Å². The number of ether oxygens (including phenoxy) is 2. The molecule has 27 heavy (non-hydrogen) atoms. The van der Waals surface area contributed by atoms with Crippen molar-refractivity contribution >= 4 is 23.3 Å². The van der Waals surface area contributed by atoms with Crippen LogP contribution in [0.25, 0.3) is 0 Å². The Balaban J connectivity index is 1.97. The Kier molecular flexibility index (Phi) is 6.87. The third kappa shape index (κ3) is 5.53. The first-order valence-electron chi connectivity index (χ1n) is 8.41. The SMILES string of the molecule is CCOc1ccc(C(=O)OCC(=O)Nc2ccc(CC)cc2)cc1[N+](=O)[O-]. The Morgan fingerprint density at radius 2 is 1.81 bits per heavy atom. The number of esters is 1. The van der Waals surface area contributed by atoms with Gasteiger partial charge in [-0.2, -0.15) is 0 Å². The van der Waals surface area contributed by atoms with E-state index in [-0.39, 0.29) is 23.6 Å². The van der Waals surface area contributed by atoms with Gasteiger partial charge in [-0.3, -0.25) is 14.9 Å². The number of hydrogen-bond acceptors (Lipinski definition) is 6. The molecule has 0 spiro atoms. The number of aryl methyl sites for hydroxylation is 1. The highest BCUT2D eigenvalue weighted by Crippen LogP contribution is 2.28. The van der Waals surface area contributed by atoms with Crippen molar-refractivity contribution in [2.45, 2.75) is 20.3 Å². The molecule has 8 nitrogen and oxygen atoms in total. The largest absolute Gasteiger partial charge is 0.487 e. The number of nitrogens with zero attached hydrogens (tertiary/aromatic N) is 1. The number of nitro groups is 1. The fourth-order valence-corrected chi connectivity index (χ4v) is 2.30. The van der Waals surface area contributed by atoms with E-state index in [2.05, 4.69) is 5.32 Å². The lowest BCUT2D eigenvalue weighted by Crippen LogP contribution is -2.21. The molecule has 0 fully saturated rings. The van der Waals surface area contributed by atoms with Crippen LogP contribution in [0.1, 0.15) is 29.8 Å². The minimum atomic E-state index is -0.836. The summed E-state index contributed by atoms with van der Waals surface area (Å²) in [5.41, 5.74) is 1.35. The molecular formula is C19H20N2O6. The van der Waals surface area contributed by atoms with Crippen LogP contribution >= 0.6 is 0 Å². The molecule has 0 saturated heterocycles. The number of carbonyl (C=O) groups excluding carboxylic acids is 2. The van der Waals surface area contributed by atoms with E-state index in [1.165, 1.54) is 12.1 Å². The average Bonchev–Trinajstić information content (AvgIpc) is 2.67. The van der Waals surface area contributed by atoms with Gasteiger partial charge < -0.3 is 14.8 Å². The second-order valence-corrected chi connectivity index (χ2v) is 5.55. The predicted molar refractivity (Wildman–Crippen MR) is 99.0 cm³/mol. The fourth-order valence-electron chi connectivity index (χ4n) is 2.30. The summed E-state index contributed by atoms with van der Waals surface area (Å²) in [6, 6.07) is 11.0. The number of nitro benzene ring substituents is 1. The van der Waals surface area contributed by atoms with Crippen LogP contribution < -0.4 is 10.1 Å². The second kappa shape index (κ2) is 9.33. The molecule has 1 N–H and O–H groups in total. The van der Waals surface area contributed by atoms with Crippen LogP contribution in [0.2, 0.25) is 0 Å². The first kappa shape index (κ1) is 19.9. The monoisotopic (exact) mass is 372 g/mol. The summed E-state index contributed by atoms with van der Waals surface area (Å²) in [6.45, 7) is 3.47. The van der Waals surface area contributed by atoms with Crippen molar-refractivity contribution in [2.24, 2.45) is 0 Å². The number of hydrogen-bond donors (Lipinski definition) is 1. The van der Waals surface area contributed by atoms with Crippen molar-refractivity contribution in [1.82, 2.24) is 0 Å². The zero-order chi connectivity index (χ0) is 19.8. The van der Waals surface area contributed by atoms with Crippen LogP contribution in [-0.4, -0.2) is 30.0 Å². The highest BCUT2D eigenvalue weighted by atomic mass is 16.6. The van der Waals surface area contributed by atoms with Crippen LogP contribution in [0.4, 0.5) is 11.4 Å². The van der Waals surface area contributed by atoms with Gasteiger partial charge in [0.15, 0.2) is 12.4 Å². The molecule has 0 unspecified atom stereocenters. The number of rotatable bonds is 8. The minimum absolute atomic E-state index is 0.0368. The molecule has 0 aliphatic carbocycles. The Morgan fingerprint density at radius 3 is 2.41 bits per heavy atom. The van der Waals surface area contributed by atoms with E-state index in [9.17, 15) is 19.7 Å². The van der Waals surface area contributed by atoms with E-state index in [0.717, 1.165) is 18.1 Å². The Hall–Kier alpha value is -3.42. The number of carbonyl (C=O) groups is 2. The smallest absolute Gasteiger partial charge is 0.338 e. The highest BCUT2D eigenvalue weighted by molar-refractivity contribution is 5.95. The first-order valence-corrected chi connectivity index (χ1v) is 8.41. The molecule has 0 bridgehead atoms. The Bertz CT molecular complexity index is 833. The summed E-state index contributed by atoms with van der Waals surface area (Å²) < 4.78 is 10.1. The lowest BCUT2D eigenvalue weighted by atomic mass is 10.1. The second-order valence-electron chi connectivity index (χ2n) is 5.55. The van der Waals surface area contributed by atoms with E-state index in [1.807, 2.05) is 19.1 Å². The zero-order valence-electron chi connectivity index (χ0n) is 15.1. The van der Waals surface area contributed by atoms with Gasteiger partial charge in [0.05, 0.1) is 17.1 Å².